The van der Waals surface area contributed by atoms with Crippen molar-refractivity contribution >= 4 is 22.9 Å². The molecule has 1 nitrogen and oxygen atoms in total. The maximum Gasteiger partial charge on any atom is 0.0934 e. The minimum Gasteiger partial charge on any atom is -0.306 e. The van der Waals surface area contributed by atoms with Crippen LogP contribution in [0, 0.1) is 0 Å². The van der Waals surface area contributed by atoms with Crippen molar-refractivity contribution in [1.82, 2.24) is 5.32 Å². The van der Waals surface area contributed by atoms with Crippen LogP contribution in [0.3, 0.4) is 0 Å². The Morgan fingerprint density at radius 3 is 2.88 bits per heavy atom. The Labute approximate surface area is 104 Å². The fourth-order valence-electron chi connectivity index (χ4n) is 2.23. The zero-order valence-electron chi connectivity index (χ0n) is 8.74. The molecule has 1 aliphatic heterocycles. The van der Waals surface area contributed by atoms with Crippen LogP contribution < -0.4 is 5.32 Å². The number of halogens is 1. The van der Waals surface area contributed by atoms with E-state index >= 15 is 0 Å². The molecule has 3 rings (SSSR count). The van der Waals surface area contributed by atoms with E-state index < -0.39 is 0 Å². The molecule has 16 heavy (non-hydrogen) atoms. The van der Waals surface area contributed by atoms with Crippen molar-refractivity contribution in [3.05, 3.63) is 56.7 Å². The summed E-state index contributed by atoms with van der Waals surface area (Å²) in [5.74, 6) is 0. The lowest BCUT2D eigenvalue weighted by Crippen LogP contribution is -2.29. The summed E-state index contributed by atoms with van der Waals surface area (Å²) in [5, 5.41) is 3.55. The molecule has 0 aliphatic carbocycles. The summed E-state index contributed by atoms with van der Waals surface area (Å²) in [6, 6.07) is 13.0. The molecule has 0 saturated heterocycles. The lowest BCUT2D eigenvalue weighted by atomic mass is 9.96. The molecule has 0 bridgehead atoms. The van der Waals surface area contributed by atoms with E-state index in [2.05, 4.69) is 35.6 Å². The van der Waals surface area contributed by atoms with Gasteiger partial charge < -0.3 is 5.32 Å². The first kappa shape index (κ1) is 10.3. The van der Waals surface area contributed by atoms with E-state index in [-0.39, 0.29) is 0 Å². The van der Waals surface area contributed by atoms with Gasteiger partial charge in [-0.3, -0.25) is 0 Å². The lowest BCUT2D eigenvalue weighted by Gasteiger charge is -2.24. The van der Waals surface area contributed by atoms with Gasteiger partial charge in [0.25, 0.3) is 0 Å². The SMILES string of the molecule is Clc1cc2c(s1)CCNC2c1ccccc1. The molecule has 1 aliphatic rings. The Morgan fingerprint density at radius 1 is 1.25 bits per heavy atom. The third-order valence-corrected chi connectivity index (χ3v) is 4.30. The Kier molecular flexibility index (Phi) is 2.72. The molecule has 0 amide bonds. The van der Waals surface area contributed by atoms with E-state index in [0.29, 0.717) is 6.04 Å². The van der Waals surface area contributed by atoms with E-state index in [4.69, 9.17) is 11.6 Å². The van der Waals surface area contributed by atoms with E-state index in [0.717, 1.165) is 17.3 Å². The highest BCUT2D eigenvalue weighted by Gasteiger charge is 2.23. The zero-order chi connectivity index (χ0) is 11.0. The first-order valence-corrected chi connectivity index (χ1v) is 6.60. The lowest BCUT2D eigenvalue weighted by molar-refractivity contribution is 0.575. The standard InChI is InChI=1S/C13H12ClNS/c14-12-8-10-11(16-12)6-7-15-13(10)9-4-2-1-3-5-9/h1-5,8,13,15H,6-7H2. The van der Waals surface area contributed by atoms with Crippen molar-refractivity contribution in [1.29, 1.82) is 0 Å². The van der Waals surface area contributed by atoms with Gasteiger partial charge in [-0.15, -0.1) is 11.3 Å². The molecule has 2 aromatic rings. The quantitative estimate of drug-likeness (QED) is 0.814. The number of nitrogens with one attached hydrogen (secondary N) is 1. The second kappa shape index (κ2) is 4.21. The molecule has 3 heteroatoms. The van der Waals surface area contributed by atoms with Gasteiger partial charge in [-0.2, -0.15) is 0 Å². The Bertz CT molecular complexity index is 492. The van der Waals surface area contributed by atoms with Gasteiger partial charge in [0, 0.05) is 11.4 Å². The highest BCUT2D eigenvalue weighted by Crippen LogP contribution is 2.36. The van der Waals surface area contributed by atoms with Gasteiger partial charge in [-0.25, -0.2) is 0 Å². The minimum absolute atomic E-state index is 0.314. The molecule has 1 unspecified atom stereocenters. The molecular weight excluding hydrogens is 238 g/mol. The second-order valence-electron chi connectivity index (χ2n) is 3.98. The first-order chi connectivity index (χ1) is 7.84. The van der Waals surface area contributed by atoms with Crippen LogP contribution in [0.15, 0.2) is 36.4 Å². The molecule has 0 radical (unpaired) electrons. The maximum absolute atomic E-state index is 6.09. The molecule has 1 atom stereocenters. The van der Waals surface area contributed by atoms with Gasteiger partial charge in [0.2, 0.25) is 0 Å². The molecule has 1 aromatic heterocycles. The third kappa shape index (κ3) is 1.77. The van der Waals surface area contributed by atoms with Crippen molar-refractivity contribution < 1.29 is 0 Å². The number of fused-ring (bicyclic) bond motifs is 1. The summed E-state index contributed by atoms with van der Waals surface area (Å²) in [4.78, 5) is 1.43. The summed E-state index contributed by atoms with van der Waals surface area (Å²) in [7, 11) is 0. The van der Waals surface area contributed by atoms with E-state index in [1.165, 1.54) is 16.0 Å². The van der Waals surface area contributed by atoms with Gasteiger partial charge in [0.15, 0.2) is 0 Å². The molecule has 0 spiro atoms. The molecule has 2 heterocycles. The molecule has 0 fully saturated rings. The number of rotatable bonds is 1. The van der Waals surface area contributed by atoms with Crippen molar-refractivity contribution in [3.63, 3.8) is 0 Å². The largest absolute Gasteiger partial charge is 0.306 e. The van der Waals surface area contributed by atoms with Crippen LogP contribution in [0.5, 0.6) is 0 Å². The van der Waals surface area contributed by atoms with E-state index in [1.807, 2.05) is 6.07 Å². The normalized spacial score (nSPS) is 19.4. The summed E-state index contributed by atoms with van der Waals surface area (Å²) in [6.45, 7) is 1.03. The smallest absolute Gasteiger partial charge is 0.0934 e. The predicted octanol–water partition coefficient (Wildman–Crippen LogP) is 3.64. The van der Waals surface area contributed by atoms with Crippen LogP contribution in [-0.4, -0.2) is 6.54 Å². The molecular formula is C13H12ClNS. The average Bonchev–Trinajstić information content (AvgIpc) is 2.70. The van der Waals surface area contributed by atoms with E-state index in [1.54, 1.807) is 11.3 Å². The van der Waals surface area contributed by atoms with Crippen molar-refractivity contribution in [2.45, 2.75) is 12.5 Å². The Balaban J connectivity index is 2.05. The summed E-state index contributed by atoms with van der Waals surface area (Å²) < 4.78 is 0.898. The summed E-state index contributed by atoms with van der Waals surface area (Å²) >= 11 is 7.81. The van der Waals surface area contributed by atoms with E-state index in [9.17, 15) is 0 Å². The Morgan fingerprint density at radius 2 is 2.06 bits per heavy atom. The number of thiophene rings is 1. The maximum atomic E-state index is 6.09. The first-order valence-electron chi connectivity index (χ1n) is 5.41. The molecule has 82 valence electrons. The zero-order valence-corrected chi connectivity index (χ0v) is 10.3. The average molecular weight is 250 g/mol. The fourth-order valence-corrected chi connectivity index (χ4v) is 3.55. The third-order valence-electron chi connectivity index (χ3n) is 2.96. The monoisotopic (exact) mass is 249 g/mol. The molecule has 0 saturated carbocycles. The predicted molar refractivity (Wildman–Crippen MR) is 69.3 cm³/mol. The van der Waals surface area contributed by atoms with Gasteiger partial charge in [0.1, 0.15) is 0 Å². The van der Waals surface area contributed by atoms with Gasteiger partial charge >= 0.3 is 0 Å². The van der Waals surface area contributed by atoms with Crippen molar-refractivity contribution in [2.75, 3.05) is 6.54 Å². The van der Waals surface area contributed by atoms with Gasteiger partial charge in [0.05, 0.1) is 10.4 Å². The van der Waals surface area contributed by atoms with Crippen LogP contribution in [0.2, 0.25) is 4.34 Å². The molecule has 1 aromatic carbocycles. The van der Waals surface area contributed by atoms with Crippen LogP contribution >= 0.6 is 22.9 Å². The number of hydrogen-bond donors (Lipinski definition) is 1. The van der Waals surface area contributed by atoms with Crippen LogP contribution in [-0.2, 0) is 6.42 Å². The van der Waals surface area contributed by atoms with Crippen LogP contribution in [0.1, 0.15) is 22.0 Å². The topological polar surface area (TPSA) is 12.0 Å². The fraction of sp³-hybridized carbons (Fsp3) is 0.231. The van der Waals surface area contributed by atoms with Gasteiger partial charge in [-0.05, 0) is 23.6 Å². The number of benzene rings is 1. The van der Waals surface area contributed by atoms with Crippen molar-refractivity contribution in [2.24, 2.45) is 0 Å². The molecule has 1 N–H and O–H groups in total. The summed E-state index contributed by atoms with van der Waals surface area (Å²) in [5.41, 5.74) is 2.67. The highest BCUT2D eigenvalue weighted by atomic mass is 35.5. The van der Waals surface area contributed by atoms with Crippen LogP contribution in [0.25, 0.3) is 0 Å². The Hall–Kier alpha value is -0.830. The highest BCUT2D eigenvalue weighted by molar-refractivity contribution is 7.16. The second-order valence-corrected chi connectivity index (χ2v) is 5.74. The van der Waals surface area contributed by atoms with Crippen molar-refractivity contribution in [3.8, 4) is 0 Å². The van der Waals surface area contributed by atoms with Crippen LogP contribution in [0.4, 0.5) is 0 Å². The van der Waals surface area contributed by atoms with Gasteiger partial charge in [-0.1, -0.05) is 41.9 Å². The summed E-state index contributed by atoms with van der Waals surface area (Å²) in [6.07, 6.45) is 1.09. The number of hydrogen-bond acceptors (Lipinski definition) is 2. The minimum atomic E-state index is 0.314.